The Labute approximate surface area is 95.5 Å². The summed E-state index contributed by atoms with van der Waals surface area (Å²) in [5.74, 6) is -0.347. The topological polar surface area (TPSA) is 46.2 Å². The summed E-state index contributed by atoms with van der Waals surface area (Å²) in [4.78, 5) is 22.5. The van der Waals surface area contributed by atoms with Gasteiger partial charge in [-0.15, -0.1) is 0 Å². The van der Waals surface area contributed by atoms with E-state index < -0.39 is 0 Å². The normalized spacial score (nSPS) is 18.3. The monoisotopic (exact) mass is 239 g/mol. The van der Waals surface area contributed by atoms with Crippen molar-refractivity contribution < 1.29 is 9.59 Å². The van der Waals surface area contributed by atoms with Crippen molar-refractivity contribution in [1.82, 2.24) is 5.32 Å². The van der Waals surface area contributed by atoms with E-state index in [2.05, 4.69) is 5.32 Å². The molecule has 1 heterocycles. The van der Waals surface area contributed by atoms with Crippen LogP contribution < -0.4 is 5.32 Å². The Kier molecular flexibility index (Phi) is 2.79. The fourth-order valence-corrected chi connectivity index (χ4v) is 1.94. The molecule has 0 bridgehead atoms. The number of benzene rings is 1. The first-order chi connectivity index (χ1) is 7.15. The Morgan fingerprint density at radius 1 is 1.20 bits per heavy atom. The second-order valence-electron chi connectivity index (χ2n) is 2.90. The number of imide groups is 1. The molecule has 76 valence electrons. The van der Waals surface area contributed by atoms with Crippen LogP contribution in [0.2, 0.25) is 5.02 Å². The predicted octanol–water partition coefficient (Wildman–Crippen LogP) is 2.66. The lowest BCUT2D eigenvalue weighted by atomic mass is 10.2. The van der Waals surface area contributed by atoms with E-state index in [9.17, 15) is 9.59 Å². The SMILES string of the molecule is O=C1NC(=O)/C(=C/c2ccc(Cl)cc2)S1. The van der Waals surface area contributed by atoms with Gasteiger partial charge >= 0.3 is 0 Å². The van der Waals surface area contributed by atoms with Crippen LogP contribution in [0.3, 0.4) is 0 Å². The van der Waals surface area contributed by atoms with Crippen molar-refractivity contribution >= 4 is 40.6 Å². The van der Waals surface area contributed by atoms with E-state index in [4.69, 9.17) is 11.6 Å². The van der Waals surface area contributed by atoms with Crippen LogP contribution in [-0.2, 0) is 4.79 Å². The molecule has 0 aliphatic carbocycles. The molecule has 3 nitrogen and oxygen atoms in total. The van der Waals surface area contributed by atoms with Gasteiger partial charge in [-0.3, -0.25) is 14.9 Å². The van der Waals surface area contributed by atoms with Gasteiger partial charge in [-0.2, -0.15) is 0 Å². The molecule has 2 rings (SSSR count). The number of hydrogen-bond acceptors (Lipinski definition) is 3. The maximum Gasteiger partial charge on any atom is 0.290 e. The van der Waals surface area contributed by atoms with Crippen LogP contribution in [-0.4, -0.2) is 11.1 Å². The van der Waals surface area contributed by atoms with Gasteiger partial charge in [0.1, 0.15) is 0 Å². The molecule has 0 unspecified atom stereocenters. The highest BCUT2D eigenvalue weighted by atomic mass is 35.5. The molecule has 5 heteroatoms. The molecule has 1 fully saturated rings. The van der Waals surface area contributed by atoms with Gasteiger partial charge in [0.2, 0.25) is 0 Å². The van der Waals surface area contributed by atoms with Gasteiger partial charge in [0.25, 0.3) is 11.1 Å². The van der Waals surface area contributed by atoms with E-state index in [1.807, 2.05) is 0 Å². The molecule has 0 aromatic heterocycles. The quantitative estimate of drug-likeness (QED) is 0.767. The van der Waals surface area contributed by atoms with Gasteiger partial charge in [0, 0.05) is 5.02 Å². The largest absolute Gasteiger partial charge is 0.290 e. The van der Waals surface area contributed by atoms with Gasteiger partial charge < -0.3 is 0 Å². The number of carbonyl (C=O) groups excluding carboxylic acids is 2. The van der Waals surface area contributed by atoms with Crippen LogP contribution in [0.1, 0.15) is 5.56 Å². The van der Waals surface area contributed by atoms with E-state index in [0.29, 0.717) is 9.93 Å². The number of carbonyl (C=O) groups is 2. The molecule has 0 spiro atoms. The van der Waals surface area contributed by atoms with Crippen molar-refractivity contribution in [3.63, 3.8) is 0 Å². The number of rotatable bonds is 1. The van der Waals surface area contributed by atoms with Gasteiger partial charge in [-0.1, -0.05) is 23.7 Å². The lowest BCUT2D eigenvalue weighted by molar-refractivity contribution is -0.115. The molecule has 1 aliphatic heterocycles. The minimum Gasteiger partial charge on any atom is -0.282 e. The Bertz CT molecular complexity index is 453. The molecule has 15 heavy (non-hydrogen) atoms. The summed E-state index contributed by atoms with van der Waals surface area (Å²) in [7, 11) is 0. The van der Waals surface area contributed by atoms with Crippen molar-refractivity contribution in [3.8, 4) is 0 Å². The Balaban J connectivity index is 2.27. The molecule has 1 aliphatic rings. The van der Waals surface area contributed by atoms with E-state index >= 15 is 0 Å². The molecule has 0 atom stereocenters. The second-order valence-corrected chi connectivity index (χ2v) is 4.35. The number of halogens is 1. The van der Waals surface area contributed by atoms with E-state index in [1.165, 1.54) is 0 Å². The molecule has 0 radical (unpaired) electrons. The van der Waals surface area contributed by atoms with Crippen molar-refractivity contribution in [2.24, 2.45) is 0 Å². The van der Waals surface area contributed by atoms with Crippen molar-refractivity contribution in [2.75, 3.05) is 0 Å². The van der Waals surface area contributed by atoms with Crippen molar-refractivity contribution in [1.29, 1.82) is 0 Å². The summed E-state index contributed by atoms with van der Waals surface area (Å²) < 4.78 is 0. The van der Waals surface area contributed by atoms with E-state index in [0.717, 1.165) is 17.3 Å². The summed E-state index contributed by atoms with van der Waals surface area (Å²) in [6.07, 6.45) is 1.65. The zero-order valence-corrected chi connectivity index (χ0v) is 9.06. The number of thioether (sulfide) groups is 1. The standard InChI is InChI=1S/C10H6ClNO2S/c11-7-3-1-6(2-4-7)5-8-9(13)12-10(14)15-8/h1-5H,(H,12,13,14)/b8-5-. The van der Waals surface area contributed by atoms with Gasteiger partial charge in [0.05, 0.1) is 4.91 Å². The molecular formula is C10H6ClNO2S. The zero-order valence-electron chi connectivity index (χ0n) is 7.49. The zero-order chi connectivity index (χ0) is 10.8. The second kappa shape index (κ2) is 4.08. The van der Waals surface area contributed by atoms with Crippen molar-refractivity contribution in [3.05, 3.63) is 39.8 Å². The van der Waals surface area contributed by atoms with E-state index in [1.54, 1.807) is 30.3 Å². The Hall–Kier alpha value is -1.26. The van der Waals surface area contributed by atoms with Gasteiger partial charge in [0.15, 0.2) is 0 Å². The molecular weight excluding hydrogens is 234 g/mol. The summed E-state index contributed by atoms with van der Waals surface area (Å²) >= 11 is 6.62. The molecule has 1 saturated heterocycles. The molecule has 2 amide bonds. The highest BCUT2D eigenvalue weighted by Crippen LogP contribution is 2.25. The number of hydrogen-bond donors (Lipinski definition) is 1. The minimum absolute atomic E-state index is 0.333. The molecule has 1 aromatic carbocycles. The lowest BCUT2D eigenvalue weighted by Crippen LogP contribution is -2.17. The summed E-state index contributed by atoms with van der Waals surface area (Å²) in [6, 6.07) is 7.03. The van der Waals surface area contributed by atoms with Crippen LogP contribution in [0.25, 0.3) is 6.08 Å². The fraction of sp³-hybridized carbons (Fsp3) is 0. The highest BCUT2D eigenvalue weighted by molar-refractivity contribution is 8.18. The Morgan fingerprint density at radius 3 is 2.40 bits per heavy atom. The maximum absolute atomic E-state index is 11.2. The lowest BCUT2D eigenvalue weighted by Gasteiger charge is -1.94. The first-order valence-corrected chi connectivity index (χ1v) is 5.35. The van der Waals surface area contributed by atoms with E-state index in [-0.39, 0.29) is 11.1 Å². The summed E-state index contributed by atoms with van der Waals surface area (Å²) in [5.41, 5.74) is 0.840. The third-order valence-corrected chi connectivity index (χ3v) is 2.87. The van der Waals surface area contributed by atoms with Crippen LogP contribution in [0, 0.1) is 0 Å². The number of nitrogens with one attached hydrogen (secondary N) is 1. The first kappa shape index (κ1) is 10.3. The van der Waals surface area contributed by atoms with Crippen LogP contribution in [0.4, 0.5) is 4.79 Å². The fourth-order valence-electron chi connectivity index (χ4n) is 1.13. The first-order valence-electron chi connectivity index (χ1n) is 4.15. The Morgan fingerprint density at radius 2 is 1.87 bits per heavy atom. The number of amides is 2. The molecule has 0 saturated carbocycles. The summed E-state index contributed by atoms with van der Waals surface area (Å²) in [5, 5.41) is 2.49. The smallest absolute Gasteiger partial charge is 0.282 e. The minimum atomic E-state index is -0.347. The van der Waals surface area contributed by atoms with Crippen LogP contribution >= 0.6 is 23.4 Å². The summed E-state index contributed by atoms with van der Waals surface area (Å²) in [6.45, 7) is 0. The average molecular weight is 240 g/mol. The third-order valence-electron chi connectivity index (χ3n) is 1.81. The van der Waals surface area contributed by atoms with Gasteiger partial charge in [-0.25, -0.2) is 0 Å². The maximum atomic E-state index is 11.2. The molecule has 1 aromatic rings. The van der Waals surface area contributed by atoms with Gasteiger partial charge in [-0.05, 0) is 35.5 Å². The average Bonchev–Trinajstić information content (AvgIpc) is 2.49. The third kappa shape index (κ3) is 2.40. The van der Waals surface area contributed by atoms with Crippen LogP contribution in [0.15, 0.2) is 29.2 Å². The molecule has 1 N–H and O–H groups in total. The van der Waals surface area contributed by atoms with Crippen LogP contribution in [0.5, 0.6) is 0 Å². The van der Waals surface area contributed by atoms with Crippen molar-refractivity contribution in [2.45, 2.75) is 0 Å². The highest BCUT2D eigenvalue weighted by Gasteiger charge is 2.24. The predicted molar refractivity (Wildman–Crippen MR) is 60.6 cm³/mol.